The van der Waals surface area contributed by atoms with Gasteiger partial charge in [0.2, 0.25) is 0 Å². The molecule has 0 radical (unpaired) electrons. The van der Waals surface area contributed by atoms with Crippen LogP contribution in [0, 0.1) is 0 Å². The van der Waals surface area contributed by atoms with Gasteiger partial charge in [-0.15, -0.1) is 11.3 Å². The fraction of sp³-hybridized carbons (Fsp3) is 0.545. The van der Waals surface area contributed by atoms with Crippen LogP contribution in [-0.2, 0) is 24.1 Å². The van der Waals surface area contributed by atoms with Gasteiger partial charge in [0, 0.05) is 16.2 Å². The summed E-state index contributed by atoms with van der Waals surface area (Å²) >= 11 is 1.91. The Kier molecular flexibility index (Phi) is 2.49. The van der Waals surface area contributed by atoms with Gasteiger partial charge in [0.15, 0.2) is 0 Å². The van der Waals surface area contributed by atoms with E-state index in [-0.39, 0.29) is 0 Å². The second-order valence-corrected chi connectivity index (χ2v) is 4.94. The van der Waals surface area contributed by atoms with Crippen LogP contribution in [0.1, 0.15) is 35.1 Å². The molecule has 1 aromatic heterocycles. The normalized spacial score (nSPS) is 14.5. The highest BCUT2D eigenvalue weighted by Gasteiger charge is 2.14. The summed E-state index contributed by atoms with van der Waals surface area (Å²) in [5, 5.41) is 0. The van der Waals surface area contributed by atoms with E-state index >= 15 is 0 Å². The Labute approximate surface area is 82.8 Å². The van der Waals surface area contributed by atoms with Crippen LogP contribution in [0.4, 0.5) is 0 Å². The van der Waals surface area contributed by atoms with Gasteiger partial charge in [-0.3, -0.25) is 0 Å². The van der Waals surface area contributed by atoms with E-state index in [1.165, 1.54) is 24.1 Å². The van der Waals surface area contributed by atoms with E-state index in [0.29, 0.717) is 12.2 Å². The molecule has 0 atom stereocenters. The maximum absolute atomic E-state index is 10.8. The van der Waals surface area contributed by atoms with Crippen molar-refractivity contribution >= 4 is 17.1 Å². The van der Waals surface area contributed by atoms with Crippen LogP contribution in [0.3, 0.4) is 0 Å². The summed E-state index contributed by atoms with van der Waals surface area (Å²) in [6, 6.07) is 2.30. The summed E-state index contributed by atoms with van der Waals surface area (Å²) in [5.74, 6) is 0.300. The monoisotopic (exact) mass is 194 g/mol. The molecular formula is C11H14OS. The first kappa shape index (κ1) is 8.95. The second kappa shape index (κ2) is 3.62. The van der Waals surface area contributed by atoms with Gasteiger partial charge in [0.1, 0.15) is 5.78 Å². The Morgan fingerprint density at radius 2 is 2.38 bits per heavy atom. The van der Waals surface area contributed by atoms with Gasteiger partial charge in [0.05, 0.1) is 0 Å². The first-order valence-electron chi connectivity index (χ1n) is 4.85. The van der Waals surface area contributed by atoms with E-state index in [1.807, 2.05) is 11.3 Å². The van der Waals surface area contributed by atoms with Crippen molar-refractivity contribution in [2.75, 3.05) is 0 Å². The smallest absolute Gasteiger partial charge is 0.130 e. The lowest BCUT2D eigenvalue weighted by atomic mass is 10.2. The van der Waals surface area contributed by atoms with Crippen molar-refractivity contribution in [2.45, 2.75) is 39.0 Å². The number of hydrogen-bond donors (Lipinski definition) is 0. The molecule has 1 aliphatic rings. The molecule has 13 heavy (non-hydrogen) atoms. The Bertz CT molecular complexity index is 303. The van der Waals surface area contributed by atoms with Crippen LogP contribution >= 0.6 is 11.3 Å². The van der Waals surface area contributed by atoms with Gasteiger partial charge in [-0.25, -0.2) is 0 Å². The van der Waals surface area contributed by atoms with Crippen molar-refractivity contribution in [2.24, 2.45) is 0 Å². The molecule has 0 aliphatic heterocycles. The van der Waals surface area contributed by atoms with Crippen molar-refractivity contribution < 1.29 is 4.79 Å². The van der Waals surface area contributed by atoms with Crippen molar-refractivity contribution in [3.05, 3.63) is 21.4 Å². The average molecular weight is 194 g/mol. The van der Waals surface area contributed by atoms with Crippen molar-refractivity contribution in [1.29, 1.82) is 0 Å². The number of rotatable bonds is 3. The standard InChI is InChI=1S/C11H14OS/c1-8(12)5-6-10-7-9-3-2-4-11(9)13-10/h7H,2-6H2,1H3. The summed E-state index contributed by atoms with van der Waals surface area (Å²) in [4.78, 5) is 13.8. The number of thiophene rings is 1. The lowest BCUT2D eigenvalue weighted by Gasteiger charge is -1.93. The maximum Gasteiger partial charge on any atom is 0.130 e. The van der Waals surface area contributed by atoms with E-state index in [9.17, 15) is 4.79 Å². The number of carbonyl (C=O) groups is 1. The van der Waals surface area contributed by atoms with Crippen LogP contribution < -0.4 is 0 Å². The molecule has 0 N–H and O–H groups in total. The van der Waals surface area contributed by atoms with Crippen LogP contribution in [0.2, 0.25) is 0 Å². The van der Waals surface area contributed by atoms with Crippen LogP contribution in [0.25, 0.3) is 0 Å². The molecule has 2 rings (SSSR count). The molecule has 0 aromatic carbocycles. The highest BCUT2D eigenvalue weighted by Crippen LogP contribution is 2.31. The molecule has 0 fully saturated rings. The summed E-state index contributed by atoms with van der Waals surface area (Å²) in [6.45, 7) is 1.67. The van der Waals surface area contributed by atoms with E-state index in [2.05, 4.69) is 6.07 Å². The number of hydrogen-bond acceptors (Lipinski definition) is 2. The topological polar surface area (TPSA) is 17.1 Å². The Morgan fingerprint density at radius 1 is 1.54 bits per heavy atom. The molecule has 1 nitrogen and oxygen atoms in total. The minimum atomic E-state index is 0.300. The third kappa shape index (κ3) is 1.99. The minimum absolute atomic E-state index is 0.300. The zero-order valence-corrected chi connectivity index (χ0v) is 8.75. The highest BCUT2D eigenvalue weighted by atomic mass is 32.1. The molecule has 0 bridgehead atoms. The molecule has 0 saturated heterocycles. The third-order valence-electron chi connectivity index (χ3n) is 2.52. The molecule has 1 aromatic rings. The molecule has 70 valence electrons. The van der Waals surface area contributed by atoms with Crippen LogP contribution in [0.5, 0.6) is 0 Å². The molecule has 0 spiro atoms. The van der Waals surface area contributed by atoms with Crippen LogP contribution in [0.15, 0.2) is 6.07 Å². The number of ketones is 1. The molecule has 0 amide bonds. The van der Waals surface area contributed by atoms with Crippen molar-refractivity contribution in [3.8, 4) is 0 Å². The number of aryl methyl sites for hydroxylation is 3. The molecule has 2 heteroatoms. The van der Waals surface area contributed by atoms with Gasteiger partial charge < -0.3 is 4.79 Å². The third-order valence-corrected chi connectivity index (χ3v) is 3.82. The van der Waals surface area contributed by atoms with Gasteiger partial charge in [-0.1, -0.05) is 0 Å². The predicted octanol–water partition coefficient (Wildman–Crippen LogP) is 2.76. The van der Waals surface area contributed by atoms with E-state index in [4.69, 9.17) is 0 Å². The lowest BCUT2D eigenvalue weighted by molar-refractivity contribution is -0.116. The van der Waals surface area contributed by atoms with E-state index in [1.54, 1.807) is 17.4 Å². The molecule has 1 aliphatic carbocycles. The van der Waals surface area contributed by atoms with Gasteiger partial charge in [0.25, 0.3) is 0 Å². The van der Waals surface area contributed by atoms with Crippen LogP contribution in [-0.4, -0.2) is 5.78 Å². The number of carbonyl (C=O) groups excluding carboxylic acids is 1. The average Bonchev–Trinajstić information content (AvgIpc) is 2.58. The quantitative estimate of drug-likeness (QED) is 0.723. The second-order valence-electron chi connectivity index (χ2n) is 3.72. The number of fused-ring (bicyclic) bond motifs is 1. The SMILES string of the molecule is CC(=O)CCc1cc2c(s1)CCC2. The molecular weight excluding hydrogens is 180 g/mol. The van der Waals surface area contributed by atoms with Crippen molar-refractivity contribution in [3.63, 3.8) is 0 Å². The van der Waals surface area contributed by atoms with Crippen molar-refractivity contribution in [1.82, 2.24) is 0 Å². The molecule has 1 heterocycles. The Hall–Kier alpha value is -0.630. The summed E-state index contributed by atoms with van der Waals surface area (Å²) < 4.78 is 0. The predicted molar refractivity (Wildman–Crippen MR) is 55.3 cm³/mol. The van der Waals surface area contributed by atoms with E-state index in [0.717, 1.165) is 6.42 Å². The molecule has 0 unspecified atom stereocenters. The molecule has 0 saturated carbocycles. The zero-order valence-electron chi connectivity index (χ0n) is 7.93. The first-order valence-corrected chi connectivity index (χ1v) is 5.67. The highest BCUT2D eigenvalue weighted by molar-refractivity contribution is 7.12. The Morgan fingerprint density at radius 3 is 3.08 bits per heavy atom. The minimum Gasteiger partial charge on any atom is -0.300 e. The summed E-state index contributed by atoms with van der Waals surface area (Å²) in [6.07, 6.45) is 5.51. The van der Waals surface area contributed by atoms with E-state index < -0.39 is 0 Å². The lowest BCUT2D eigenvalue weighted by Crippen LogP contribution is -1.91. The summed E-state index contributed by atoms with van der Waals surface area (Å²) in [5.41, 5.74) is 1.54. The largest absolute Gasteiger partial charge is 0.300 e. The van der Waals surface area contributed by atoms with Gasteiger partial charge in [-0.05, 0) is 44.2 Å². The fourth-order valence-corrected chi connectivity index (χ4v) is 3.07. The Balaban J connectivity index is 2.02. The first-order chi connectivity index (χ1) is 6.25. The fourth-order valence-electron chi connectivity index (χ4n) is 1.81. The summed E-state index contributed by atoms with van der Waals surface area (Å²) in [7, 11) is 0. The van der Waals surface area contributed by atoms with Gasteiger partial charge >= 0.3 is 0 Å². The zero-order chi connectivity index (χ0) is 9.26. The number of Topliss-reactive ketones (excluding diaryl/α,β-unsaturated/α-hetero) is 1. The maximum atomic E-state index is 10.8. The van der Waals surface area contributed by atoms with Gasteiger partial charge in [-0.2, -0.15) is 0 Å².